The highest BCUT2D eigenvalue weighted by atomic mass is 16.7. The van der Waals surface area contributed by atoms with Crippen molar-refractivity contribution in [3.63, 3.8) is 0 Å². The zero-order chi connectivity index (χ0) is 28.3. The van der Waals surface area contributed by atoms with Crippen LogP contribution in [0.3, 0.4) is 0 Å². The minimum atomic E-state index is -0.223. The molecule has 0 aliphatic heterocycles. The molecule has 2 amide bonds. The maximum atomic E-state index is 13.4. The van der Waals surface area contributed by atoms with Gasteiger partial charge in [0.2, 0.25) is 0 Å². The smallest absolute Gasteiger partial charge is 0.319 e. The number of para-hydroxylation sites is 1. The average molecular weight is 536 g/mol. The van der Waals surface area contributed by atoms with Gasteiger partial charge in [-0.25, -0.2) is 4.79 Å². The molecule has 0 saturated carbocycles. The van der Waals surface area contributed by atoms with Crippen LogP contribution in [-0.2, 0) is 18.0 Å². The van der Waals surface area contributed by atoms with Gasteiger partial charge in [-0.05, 0) is 39.7 Å². The normalized spacial score (nSPS) is 12.1. The summed E-state index contributed by atoms with van der Waals surface area (Å²) in [5, 5.41) is 8.33. The standard InChI is InChI=1S/C35H41N3O2/c1-26(2)31-21-14-22-32(27(3)4)34(31)37-35(39)36-23-33(30-19-12-7-13-20-30)38(24-28-15-8-5-9-16-28)40-25-29-17-10-6-11-18-29/h5-22,26-27,33H,23-25H2,1-4H3,(H2,36,37,39). The Morgan fingerprint density at radius 1 is 0.700 bits per heavy atom. The van der Waals surface area contributed by atoms with Crippen molar-refractivity contribution in [1.82, 2.24) is 10.4 Å². The number of hydrogen-bond donors (Lipinski definition) is 2. The summed E-state index contributed by atoms with van der Waals surface area (Å²) in [4.78, 5) is 19.8. The van der Waals surface area contributed by atoms with Gasteiger partial charge in [0.15, 0.2) is 0 Å². The van der Waals surface area contributed by atoms with E-state index >= 15 is 0 Å². The van der Waals surface area contributed by atoms with Crippen molar-refractivity contribution in [2.24, 2.45) is 0 Å². The second kappa shape index (κ2) is 14.5. The monoisotopic (exact) mass is 535 g/mol. The molecule has 0 radical (unpaired) electrons. The van der Waals surface area contributed by atoms with Gasteiger partial charge >= 0.3 is 6.03 Å². The fourth-order valence-corrected chi connectivity index (χ4v) is 4.84. The minimum absolute atomic E-state index is 0.208. The van der Waals surface area contributed by atoms with Crippen LogP contribution in [0.25, 0.3) is 0 Å². The third-order valence-corrected chi connectivity index (χ3v) is 7.02. The molecule has 4 aromatic carbocycles. The number of rotatable bonds is 12. The van der Waals surface area contributed by atoms with Crippen molar-refractivity contribution in [3.8, 4) is 0 Å². The average Bonchev–Trinajstić information content (AvgIpc) is 2.97. The Bertz CT molecular complexity index is 1300. The highest BCUT2D eigenvalue weighted by molar-refractivity contribution is 5.91. The molecule has 0 bridgehead atoms. The van der Waals surface area contributed by atoms with Crippen LogP contribution in [0.4, 0.5) is 10.5 Å². The Labute approximate surface area is 239 Å². The molecule has 0 spiro atoms. The molecule has 2 N–H and O–H groups in total. The number of anilines is 1. The summed E-state index contributed by atoms with van der Waals surface area (Å²) in [6.07, 6.45) is 0. The molecule has 0 fully saturated rings. The van der Waals surface area contributed by atoms with Crippen LogP contribution in [0.5, 0.6) is 0 Å². The summed E-state index contributed by atoms with van der Waals surface area (Å²) < 4.78 is 0. The molecule has 5 nitrogen and oxygen atoms in total. The second-order valence-electron chi connectivity index (χ2n) is 10.7. The largest absolute Gasteiger partial charge is 0.336 e. The first-order chi connectivity index (χ1) is 19.4. The molecule has 4 aromatic rings. The maximum absolute atomic E-state index is 13.4. The van der Waals surface area contributed by atoms with Gasteiger partial charge in [0, 0.05) is 18.8 Å². The lowest BCUT2D eigenvalue weighted by atomic mass is 9.93. The van der Waals surface area contributed by atoms with Gasteiger partial charge in [0.1, 0.15) is 0 Å². The van der Waals surface area contributed by atoms with E-state index < -0.39 is 0 Å². The molecule has 0 saturated heterocycles. The van der Waals surface area contributed by atoms with Crippen molar-refractivity contribution in [3.05, 3.63) is 137 Å². The van der Waals surface area contributed by atoms with Crippen LogP contribution in [0, 0.1) is 0 Å². The molecule has 0 aromatic heterocycles. The van der Waals surface area contributed by atoms with Crippen molar-refractivity contribution >= 4 is 11.7 Å². The first-order valence-corrected chi connectivity index (χ1v) is 14.1. The molecule has 0 heterocycles. The zero-order valence-corrected chi connectivity index (χ0v) is 24.0. The van der Waals surface area contributed by atoms with Gasteiger partial charge in [0.05, 0.1) is 12.6 Å². The Balaban J connectivity index is 1.57. The molecular formula is C35H41N3O2. The van der Waals surface area contributed by atoms with Gasteiger partial charge < -0.3 is 10.6 Å². The van der Waals surface area contributed by atoms with Crippen LogP contribution in [-0.4, -0.2) is 17.6 Å². The number of carbonyl (C=O) groups excluding carboxylic acids is 1. The summed E-state index contributed by atoms with van der Waals surface area (Å²) in [7, 11) is 0. The number of carbonyl (C=O) groups is 1. The Kier molecular flexibility index (Phi) is 10.5. The lowest BCUT2D eigenvalue weighted by Crippen LogP contribution is -2.39. The van der Waals surface area contributed by atoms with Crippen LogP contribution in [0.15, 0.2) is 109 Å². The number of urea groups is 1. The number of amides is 2. The fourth-order valence-electron chi connectivity index (χ4n) is 4.84. The molecule has 0 aliphatic carbocycles. The Hall–Kier alpha value is -3.93. The molecule has 1 unspecified atom stereocenters. The van der Waals surface area contributed by atoms with Crippen LogP contribution >= 0.6 is 0 Å². The lowest BCUT2D eigenvalue weighted by Gasteiger charge is -2.32. The predicted octanol–water partition coefficient (Wildman–Crippen LogP) is 8.43. The molecule has 4 rings (SSSR count). The molecule has 1 atom stereocenters. The highest BCUT2D eigenvalue weighted by Gasteiger charge is 2.24. The summed E-state index contributed by atoms with van der Waals surface area (Å²) in [5.41, 5.74) is 6.47. The van der Waals surface area contributed by atoms with Crippen LogP contribution < -0.4 is 10.6 Å². The van der Waals surface area contributed by atoms with E-state index in [0.29, 0.717) is 31.5 Å². The van der Waals surface area contributed by atoms with E-state index in [0.717, 1.165) is 33.5 Å². The van der Waals surface area contributed by atoms with E-state index in [2.05, 4.69) is 92.9 Å². The van der Waals surface area contributed by atoms with E-state index in [-0.39, 0.29) is 12.1 Å². The van der Waals surface area contributed by atoms with E-state index in [9.17, 15) is 4.79 Å². The van der Waals surface area contributed by atoms with Crippen LogP contribution in [0.2, 0.25) is 0 Å². The highest BCUT2D eigenvalue weighted by Crippen LogP contribution is 2.32. The molecule has 208 valence electrons. The SMILES string of the molecule is CC(C)c1cccc(C(C)C)c1NC(=O)NCC(c1ccccc1)N(Cc1ccccc1)OCc1ccccc1. The molecule has 0 aliphatic rings. The van der Waals surface area contributed by atoms with Gasteiger partial charge in [-0.3, -0.25) is 4.84 Å². The van der Waals surface area contributed by atoms with Crippen molar-refractivity contribution in [2.45, 2.75) is 58.7 Å². The van der Waals surface area contributed by atoms with E-state index in [1.165, 1.54) is 0 Å². The van der Waals surface area contributed by atoms with Crippen LogP contribution in [0.1, 0.15) is 73.4 Å². The Morgan fingerprint density at radius 2 is 1.23 bits per heavy atom. The van der Waals surface area contributed by atoms with Gasteiger partial charge in [-0.2, -0.15) is 5.06 Å². The molecule has 5 heteroatoms. The van der Waals surface area contributed by atoms with E-state index in [1.807, 2.05) is 59.7 Å². The second-order valence-corrected chi connectivity index (χ2v) is 10.7. The van der Waals surface area contributed by atoms with Crippen molar-refractivity contribution < 1.29 is 9.63 Å². The summed E-state index contributed by atoms with van der Waals surface area (Å²) in [6, 6.07) is 36.5. The third kappa shape index (κ3) is 8.04. The molecule has 40 heavy (non-hydrogen) atoms. The number of hydrogen-bond acceptors (Lipinski definition) is 3. The fraction of sp³-hybridized carbons (Fsp3) is 0.286. The summed E-state index contributed by atoms with van der Waals surface area (Å²) in [6.45, 7) is 9.99. The first-order valence-electron chi connectivity index (χ1n) is 14.1. The van der Waals surface area contributed by atoms with Crippen molar-refractivity contribution in [1.29, 1.82) is 0 Å². The summed E-state index contributed by atoms with van der Waals surface area (Å²) >= 11 is 0. The van der Waals surface area contributed by atoms with E-state index in [1.54, 1.807) is 0 Å². The predicted molar refractivity (Wildman–Crippen MR) is 164 cm³/mol. The van der Waals surface area contributed by atoms with Gasteiger partial charge in [-0.15, -0.1) is 0 Å². The number of nitrogens with one attached hydrogen (secondary N) is 2. The third-order valence-electron chi connectivity index (χ3n) is 7.02. The first kappa shape index (κ1) is 29.1. The number of benzene rings is 4. The zero-order valence-electron chi connectivity index (χ0n) is 24.0. The Morgan fingerprint density at radius 3 is 1.77 bits per heavy atom. The van der Waals surface area contributed by atoms with Crippen molar-refractivity contribution in [2.75, 3.05) is 11.9 Å². The van der Waals surface area contributed by atoms with Gasteiger partial charge in [-0.1, -0.05) is 137 Å². The maximum Gasteiger partial charge on any atom is 0.319 e. The quantitative estimate of drug-likeness (QED) is 0.179. The van der Waals surface area contributed by atoms with Gasteiger partial charge in [0.25, 0.3) is 0 Å². The number of hydroxylamine groups is 2. The molecular weight excluding hydrogens is 494 g/mol. The van der Waals surface area contributed by atoms with E-state index in [4.69, 9.17) is 4.84 Å². The minimum Gasteiger partial charge on any atom is -0.336 e. The number of nitrogens with zero attached hydrogens (tertiary/aromatic N) is 1. The summed E-state index contributed by atoms with van der Waals surface area (Å²) in [5.74, 6) is 0.581. The lowest BCUT2D eigenvalue weighted by molar-refractivity contribution is -0.204. The topological polar surface area (TPSA) is 53.6 Å².